The highest BCUT2D eigenvalue weighted by Crippen LogP contribution is 2.13. The van der Waals surface area contributed by atoms with E-state index in [-0.39, 0.29) is 5.91 Å². The number of thioether (sulfide) groups is 1. The number of imidazole rings is 1. The Morgan fingerprint density at radius 2 is 1.93 bits per heavy atom. The zero-order chi connectivity index (χ0) is 18.9. The van der Waals surface area contributed by atoms with Crippen LogP contribution in [0.1, 0.15) is 22.5 Å². The van der Waals surface area contributed by atoms with E-state index in [1.807, 2.05) is 30.6 Å². The highest BCUT2D eigenvalue weighted by atomic mass is 32.2. The Morgan fingerprint density at radius 1 is 1.11 bits per heavy atom. The summed E-state index contributed by atoms with van der Waals surface area (Å²) in [4.78, 5) is 16.5. The summed E-state index contributed by atoms with van der Waals surface area (Å²) >= 11 is 1.64. The van der Waals surface area contributed by atoms with Gasteiger partial charge in [-0.25, -0.2) is 4.98 Å². The largest absolute Gasteiger partial charge is 0.355 e. The molecule has 1 amide bonds. The lowest BCUT2D eigenvalue weighted by atomic mass is 10.2. The molecule has 0 aliphatic heterocycles. The van der Waals surface area contributed by atoms with E-state index in [1.54, 1.807) is 11.8 Å². The topological polar surface area (TPSA) is 46.9 Å². The molecule has 0 saturated heterocycles. The third-order valence-corrected chi connectivity index (χ3v) is 5.26. The molecule has 3 rings (SSSR count). The van der Waals surface area contributed by atoms with E-state index in [0.717, 1.165) is 24.5 Å². The van der Waals surface area contributed by atoms with Crippen LogP contribution >= 0.6 is 11.8 Å². The number of hydrogen-bond acceptors (Lipinski definition) is 3. The van der Waals surface area contributed by atoms with Crippen LogP contribution in [0.25, 0.3) is 0 Å². The smallest absolute Gasteiger partial charge is 0.230 e. The summed E-state index contributed by atoms with van der Waals surface area (Å²) in [6, 6.07) is 18.7. The van der Waals surface area contributed by atoms with E-state index in [1.165, 1.54) is 16.7 Å². The number of nitrogens with one attached hydrogen (secondary N) is 1. The van der Waals surface area contributed by atoms with Crippen molar-refractivity contribution in [2.24, 2.45) is 0 Å². The number of aryl methyl sites for hydroxylation is 1. The molecule has 4 nitrogen and oxygen atoms in total. The maximum atomic E-state index is 12.0. The lowest BCUT2D eigenvalue weighted by Gasteiger charge is -2.09. The average molecular weight is 380 g/mol. The van der Waals surface area contributed by atoms with Gasteiger partial charge in [0.15, 0.2) is 0 Å². The monoisotopic (exact) mass is 379 g/mol. The summed E-state index contributed by atoms with van der Waals surface area (Å²) in [5, 5.41) is 3.00. The highest BCUT2D eigenvalue weighted by Gasteiger charge is 2.06. The first-order valence-electron chi connectivity index (χ1n) is 9.14. The standard InChI is InChI=1S/C22H25N3OS/c1-18-6-5-9-20(14-18)16-27-17-22(26)24-11-10-21-23-12-13-25(21)15-19-7-3-2-4-8-19/h2-9,12-14H,10-11,15-17H2,1H3,(H,24,26). The van der Waals surface area contributed by atoms with Gasteiger partial charge in [-0.1, -0.05) is 60.2 Å². The van der Waals surface area contributed by atoms with E-state index in [0.29, 0.717) is 12.3 Å². The lowest BCUT2D eigenvalue weighted by Crippen LogP contribution is -2.28. The minimum Gasteiger partial charge on any atom is -0.355 e. The van der Waals surface area contributed by atoms with Crippen LogP contribution in [0.4, 0.5) is 0 Å². The Hall–Kier alpha value is -2.53. The lowest BCUT2D eigenvalue weighted by molar-refractivity contribution is -0.118. The predicted octanol–water partition coefficient (Wildman–Crippen LogP) is 3.83. The second kappa shape index (κ2) is 9.97. The SMILES string of the molecule is Cc1cccc(CSCC(=O)NCCc2nccn2Cc2ccccc2)c1. The van der Waals surface area contributed by atoms with Gasteiger partial charge in [0.25, 0.3) is 0 Å². The van der Waals surface area contributed by atoms with Gasteiger partial charge in [0.2, 0.25) is 5.91 Å². The molecule has 0 fully saturated rings. The van der Waals surface area contributed by atoms with E-state index < -0.39 is 0 Å². The molecule has 0 bridgehead atoms. The van der Waals surface area contributed by atoms with Gasteiger partial charge >= 0.3 is 0 Å². The number of hydrogen-bond donors (Lipinski definition) is 1. The van der Waals surface area contributed by atoms with Crippen LogP contribution in [0.3, 0.4) is 0 Å². The Morgan fingerprint density at radius 3 is 2.74 bits per heavy atom. The van der Waals surface area contributed by atoms with Crippen molar-refractivity contribution < 1.29 is 4.79 Å². The van der Waals surface area contributed by atoms with Crippen LogP contribution in [0.15, 0.2) is 67.0 Å². The molecule has 2 aromatic carbocycles. The van der Waals surface area contributed by atoms with Gasteiger partial charge in [0, 0.05) is 37.7 Å². The molecule has 3 aromatic rings. The van der Waals surface area contributed by atoms with Crippen LogP contribution in [0.5, 0.6) is 0 Å². The molecular formula is C22H25N3OS. The summed E-state index contributed by atoms with van der Waals surface area (Å²) in [5.74, 6) is 2.41. The normalized spacial score (nSPS) is 10.7. The third kappa shape index (κ3) is 6.29. The molecule has 1 N–H and O–H groups in total. The van der Waals surface area contributed by atoms with Gasteiger partial charge in [0.05, 0.1) is 5.75 Å². The molecular weight excluding hydrogens is 354 g/mol. The molecule has 1 heterocycles. The Bertz CT molecular complexity index is 861. The van der Waals surface area contributed by atoms with Crippen molar-refractivity contribution in [3.05, 3.63) is 89.5 Å². The predicted molar refractivity (Wildman–Crippen MR) is 112 cm³/mol. The van der Waals surface area contributed by atoms with Crippen molar-refractivity contribution in [1.82, 2.24) is 14.9 Å². The summed E-state index contributed by atoms with van der Waals surface area (Å²) < 4.78 is 2.13. The van der Waals surface area contributed by atoms with Crippen molar-refractivity contribution in [3.8, 4) is 0 Å². The first kappa shape index (κ1) is 19.2. The van der Waals surface area contributed by atoms with E-state index in [2.05, 4.69) is 58.2 Å². The van der Waals surface area contributed by atoms with Gasteiger partial charge in [-0.3, -0.25) is 4.79 Å². The van der Waals surface area contributed by atoms with Crippen LogP contribution in [0.2, 0.25) is 0 Å². The fourth-order valence-electron chi connectivity index (χ4n) is 2.92. The molecule has 0 radical (unpaired) electrons. The molecule has 0 saturated carbocycles. The summed E-state index contributed by atoms with van der Waals surface area (Å²) in [7, 11) is 0. The number of nitrogens with zero attached hydrogens (tertiary/aromatic N) is 2. The number of rotatable bonds is 9. The van der Waals surface area contributed by atoms with Crippen molar-refractivity contribution in [2.75, 3.05) is 12.3 Å². The van der Waals surface area contributed by atoms with Gasteiger partial charge < -0.3 is 9.88 Å². The average Bonchev–Trinajstić information content (AvgIpc) is 3.10. The number of benzene rings is 2. The number of carbonyl (C=O) groups excluding carboxylic acids is 1. The van der Waals surface area contributed by atoms with Crippen LogP contribution in [0, 0.1) is 6.92 Å². The van der Waals surface area contributed by atoms with Gasteiger partial charge in [-0.2, -0.15) is 0 Å². The Labute approximate surface area is 165 Å². The fraction of sp³-hybridized carbons (Fsp3) is 0.273. The molecule has 27 heavy (non-hydrogen) atoms. The molecule has 140 valence electrons. The van der Waals surface area contributed by atoms with Crippen LogP contribution < -0.4 is 5.32 Å². The van der Waals surface area contributed by atoms with E-state index >= 15 is 0 Å². The minimum absolute atomic E-state index is 0.0776. The molecule has 0 aliphatic rings. The maximum absolute atomic E-state index is 12.0. The third-order valence-electron chi connectivity index (χ3n) is 4.25. The number of amides is 1. The van der Waals surface area contributed by atoms with Crippen LogP contribution in [-0.2, 0) is 23.5 Å². The summed E-state index contributed by atoms with van der Waals surface area (Å²) in [5.41, 5.74) is 3.76. The van der Waals surface area contributed by atoms with Crippen molar-refractivity contribution >= 4 is 17.7 Å². The maximum Gasteiger partial charge on any atom is 0.230 e. The quantitative estimate of drug-likeness (QED) is 0.615. The second-order valence-corrected chi connectivity index (χ2v) is 7.52. The number of aromatic nitrogens is 2. The first-order valence-corrected chi connectivity index (χ1v) is 10.3. The molecule has 0 atom stereocenters. The highest BCUT2D eigenvalue weighted by molar-refractivity contribution is 7.99. The first-order chi connectivity index (χ1) is 13.2. The van der Waals surface area contributed by atoms with Crippen molar-refractivity contribution in [2.45, 2.75) is 25.6 Å². The second-order valence-electron chi connectivity index (χ2n) is 6.54. The van der Waals surface area contributed by atoms with Crippen molar-refractivity contribution in [1.29, 1.82) is 0 Å². The Balaban J connectivity index is 1.38. The fourth-order valence-corrected chi connectivity index (χ4v) is 3.73. The molecule has 0 unspecified atom stereocenters. The van der Waals surface area contributed by atoms with Gasteiger partial charge in [0.1, 0.15) is 5.82 Å². The van der Waals surface area contributed by atoms with Crippen LogP contribution in [-0.4, -0.2) is 27.8 Å². The van der Waals surface area contributed by atoms with Gasteiger partial charge in [-0.15, -0.1) is 11.8 Å². The minimum atomic E-state index is 0.0776. The van der Waals surface area contributed by atoms with E-state index in [4.69, 9.17) is 0 Å². The molecule has 0 aliphatic carbocycles. The zero-order valence-corrected chi connectivity index (χ0v) is 16.4. The van der Waals surface area contributed by atoms with Gasteiger partial charge in [-0.05, 0) is 18.1 Å². The molecule has 1 aromatic heterocycles. The van der Waals surface area contributed by atoms with Crippen molar-refractivity contribution in [3.63, 3.8) is 0 Å². The summed E-state index contributed by atoms with van der Waals surface area (Å²) in [6.45, 7) is 3.49. The molecule has 0 spiro atoms. The Kier molecular flexibility index (Phi) is 7.11. The molecule has 5 heteroatoms. The summed E-state index contributed by atoms with van der Waals surface area (Å²) in [6.07, 6.45) is 4.54. The number of carbonyl (C=O) groups is 1. The van der Waals surface area contributed by atoms with E-state index in [9.17, 15) is 4.79 Å². The zero-order valence-electron chi connectivity index (χ0n) is 15.6.